The zero-order chi connectivity index (χ0) is 14.7. The van der Waals surface area contributed by atoms with Crippen LogP contribution in [0.4, 0.5) is 10.5 Å². The highest BCUT2D eigenvalue weighted by Crippen LogP contribution is 2.27. The SMILES string of the molecule is O=C1CCCN(c2ccccc2)C(=O)N1C1CCCCC1. The summed E-state index contributed by atoms with van der Waals surface area (Å²) in [5, 5.41) is 0. The molecule has 3 rings (SSSR count). The molecular weight excluding hydrogens is 264 g/mol. The summed E-state index contributed by atoms with van der Waals surface area (Å²) in [7, 11) is 0. The van der Waals surface area contributed by atoms with Gasteiger partial charge in [-0.05, 0) is 31.4 Å². The van der Waals surface area contributed by atoms with E-state index >= 15 is 0 Å². The zero-order valence-electron chi connectivity index (χ0n) is 12.3. The Morgan fingerprint density at radius 3 is 2.33 bits per heavy atom. The largest absolute Gasteiger partial charge is 0.331 e. The summed E-state index contributed by atoms with van der Waals surface area (Å²) in [4.78, 5) is 28.6. The highest BCUT2D eigenvalue weighted by Gasteiger charge is 2.35. The molecule has 4 heteroatoms. The summed E-state index contributed by atoms with van der Waals surface area (Å²) >= 11 is 0. The number of benzene rings is 1. The quantitative estimate of drug-likeness (QED) is 0.834. The number of anilines is 1. The van der Waals surface area contributed by atoms with Crippen LogP contribution in [0.5, 0.6) is 0 Å². The fraction of sp³-hybridized carbons (Fsp3) is 0.529. The van der Waals surface area contributed by atoms with Crippen molar-refractivity contribution in [1.29, 1.82) is 0 Å². The van der Waals surface area contributed by atoms with E-state index in [1.807, 2.05) is 30.3 Å². The Bertz CT molecular complexity index is 509. The number of hydrogen-bond donors (Lipinski definition) is 0. The number of para-hydroxylation sites is 1. The van der Waals surface area contributed by atoms with Crippen molar-refractivity contribution in [3.8, 4) is 0 Å². The van der Waals surface area contributed by atoms with E-state index in [9.17, 15) is 9.59 Å². The monoisotopic (exact) mass is 286 g/mol. The van der Waals surface area contributed by atoms with Crippen molar-refractivity contribution in [3.63, 3.8) is 0 Å². The molecular formula is C17H22N2O2. The molecule has 1 aliphatic heterocycles. The summed E-state index contributed by atoms with van der Waals surface area (Å²) in [6, 6.07) is 9.65. The Hall–Kier alpha value is -1.84. The van der Waals surface area contributed by atoms with Gasteiger partial charge >= 0.3 is 6.03 Å². The van der Waals surface area contributed by atoms with Crippen molar-refractivity contribution in [1.82, 2.24) is 4.90 Å². The Morgan fingerprint density at radius 1 is 0.905 bits per heavy atom. The topological polar surface area (TPSA) is 40.6 Å². The lowest BCUT2D eigenvalue weighted by Crippen LogP contribution is -2.50. The van der Waals surface area contributed by atoms with Gasteiger partial charge < -0.3 is 0 Å². The molecule has 0 N–H and O–H groups in total. The minimum Gasteiger partial charge on any atom is -0.294 e. The fourth-order valence-corrected chi connectivity index (χ4v) is 3.39. The Balaban J connectivity index is 1.86. The maximum atomic E-state index is 12.9. The Kier molecular flexibility index (Phi) is 4.23. The van der Waals surface area contributed by atoms with Crippen molar-refractivity contribution < 1.29 is 9.59 Å². The standard InChI is InChI=1S/C17H22N2O2/c20-16-12-7-13-18(14-8-3-1-4-9-14)17(21)19(16)15-10-5-2-6-11-15/h1,3-4,8-9,15H,2,5-7,10-13H2. The van der Waals surface area contributed by atoms with Gasteiger partial charge in [-0.2, -0.15) is 0 Å². The molecule has 112 valence electrons. The van der Waals surface area contributed by atoms with E-state index in [1.54, 1.807) is 9.80 Å². The molecule has 0 bridgehead atoms. The molecule has 0 radical (unpaired) electrons. The molecule has 21 heavy (non-hydrogen) atoms. The second-order valence-corrected chi connectivity index (χ2v) is 5.93. The normalized spacial score (nSPS) is 21.5. The highest BCUT2D eigenvalue weighted by atomic mass is 16.2. The van der Waals surface area contributed by atoms with Crippen molar-refractivity contribution in [2.75, 3.05) is 11.4 Å². The third-order valence-corrected chi connectivity index (χ3v) is 4.49. The first-order valence-electron chi connectivity index (χ1n) is 7.96. The maximum Gasteiger partial charge on any atom is 0.331 e. The predicted octanol–water partition coefficient (Wildman–Crippen LogP) is 3.57. The van der Waals surface area contributed by atoms with Crippen LogP contribution < -0.4 is 4.90 Å². The third kappa shape index (κ3) is 2.94. The minimum atomic E-state index is -0.129. The molecule has 1 heterocycles. The van der Waals surface area contributed by atoms with E-state index in [1.165, 1.54) is 6.42 Å². The lowest BCUT2D eigenvalue weighted by Gasteiger charge is -2.34. The molecule has 0 atom stereocenters. The number of carbonyl (C=O) groups excluding carboxylic acids is 2. The van der Waals surface area contributed by atoms with Gasteiger partial charge in [0.05, 0.1) is 0 Å². The second kappa shape index (κ2) is 6.29. The van der Waals surface area contributed by atoms with Gasteiger partial charge in [0.15, 0.2) is 0 Å². The number of imide groups is 1. The van der Waals surface area contributed by atoms with Crippen LogP contribution in [0.1, 0.15) is 44.9 Å². The van der Waals surface area contributed by atoms with Crippen LogP contribution in [0.25, 0.3) is 0 Å². The van der Waals surface area contributed by atoms with Crippen LogP contribution in [0.2, 0.25) is 0 Å². The van der Waals surface area contributed by atoms with E-state index in [0.717, 1.165) is 37.8 Å². The zero-order valence-corrected chi connectivity index (χ0v) is 12.3. The molecule has 1 aromatic rings. The molecule has 1 saturated heterocycles. The van der Waals surface area contributed by atoms with Gasteiger partial charge in [0, 0.05) is 24.7 Å². The molecule has 2 aliphatic rings. The summed E-state index contributed by atoms with van der Waals surface area (Å²) < 4.78 is 0. The Labute approximate surface area is 125 Å². The number of rotatable bonds is 2. The lowest BCUT2D eigenvalue weighted by molar-refractivity contribution is -0.130. The molecule has 0 unspecified atom stereocenters. The van der Waals surface area contributed by atoms with E-state index in [2.05, 4.69) is 0 Å². The molecule has 1 saturated carbocycles. The van der Waals surface area contributed by atoms with Gasteiger partial charge in [-0.1, -0.05) is 37.5 Å². The smallest absolute Gasteiger partial charge is 0.294 e. The molecule has 0 aromatic heterocycles. The predicted molar refractivity (Wildman–Crippen MR) is 82.1 cm³/mol. The van der Waals surface area contributed by atoms with Crippen molar-refractivity contribution in [2.45, 2.75) is 51.0 Å². The van der Waals surface area contributed by atoms with Crippen molar-refractivity contribution in [3.05, 3.63) is 30.3 Å². The number of carbonyl (C=O) groups is 2. The number of hydrogen-bond acceptors (Lipinski definition) is 2. The number of nitrogens with zero attached hydrogens (tertiary/aromatic N) is 2. The first-order valence-corrected chi connectivity index (χ1v) is 7.96. The molecule has 2 fully saturated rings. The van der Waals surface area contributed by atoms with Gasteiger partial charge in [0.25, 0.3) is 0 Å². The van der Waals surface area contributed by atoms with Gasteiger partial charge in [-0.3, -0.25) is 14.6 Å². The average molecular weight is 286 g/mol. The van der Waals surface area contributed by atoms with Gasteiger partial charge in [-0.15, -0.1) is 0 Å². The van der Waals surface area contributed by atoms with Crippen LogP contribution >= 0.6 is 0 Å². The summed E-state index contributed by atoms with van der Waals surface area (Å²) in [6.07, 6.45) is 6.59. The van der Waals surface area contributed by atoms with Crippen molar-refractivity contribution in [2.24, 2.45) is 0 Å². The van der Waals surface area contributed by atoms with E-state index in [0.29, 0.717) is 13.0 Å². The molecule has 1 aliphatic carbocycles. The minimum absolute atomic E-state index is 0.00494. The van der Waals surface area contributed by atoms with Crippen molar-refractivity contribution >= 4 is 17.6 Å². The first kappa shape index (κ1) is 14.1. The van der Waals surface area contributed by atoms with E-state index in [-0.39, 0.29) is 18.0 Å². The van der Waals surface area contributed by atoms with Crippen LogP contribution in [-0.2, 0) is 4.79 Å². The second-order valence-electron chi connectivity index (χ2n) is 5.93. The summed E-state index contributed by atoms with van der Waals surface area (Å²) in [5.41, 5.74) is 0.887. The third-order valence-electron chi connectivity index (χ3n) is 4.49. The summed E-state index contributed by atoms with van der Waals surface area (Å²) in [5.74, 6) is 0.00494. The number of amides is 3. The van der Waals surface area contributed by atoms with Crippen LogP contribution in [0.3, 0.4) is 0 Å². The average Bonchev–Trinajstić information content (AvgIpc) is 2.67. The molecule has 4 nitrogen and oxygen atoms in total. The molecule has 0 spiro atoms. The van der Waals surface area contributed by atoms with Crippen LogP contribution in [0.15, 0.2) is 30.3 Å². The maximum absolute atomic E-state index is 12.9. The number of urea groups is 1. The van der Waals surface area contributed by atoms with E-state index in [4.69, 9.17) is 0 Å². The van der Waals surface area contributed by atoms with Gasteiger partial charge in [0.1, 0.15) is 0 Å². The fourth-order valence-electron chi connectivity index (χ4n) is 3.39. The molecule has 3 amide bonds. The van der Waals surface area contributed by atoms with Gasteiger partial charge in [-0.25, -0.2) is 4.79 Å². The van der Waals surface area contributed by atoms with Gasteiger partial charge in [0.2, 0.25) is 5.91 Å². The van der Waals surface area contributed by atoms with E-state index < -0.39 is 0 Å². The highest BCUT2D eigenvalue weighted by molar-refractivity contribution is 6.03. The Morgan fingerprint density at radius 2 is 1.62 bits per heavy atom. The van der Waals surface area contributed by atoms with Crippen LogP contribution in [-0.4, -0.2) is 29.4 Å². The first-order chi connectivity index (χ1) is 10.3. The van der Waals surface area contributed by atoms with Crippen LogP contribution in [0, 0.1) is 0 Å². The molecule has 1 aromatic carbocycles. The summed E-state index contributed by atoms with van der Waals surface area (Å²) in [6.45, 7) is 0.623. The lowest BCUT2D eigenvalue weighted by atomic mass is 9.94.